The highest BCUT2D eigenvalue weighted by molar-refractivity contribution is 6.34. The number of carbonyl (C=O) groups excluding carboxylic acids is 1. The summed E-state index contributed by atoms with van der Waals surface area (Å²) in [4.78, 5) is 24.1. The molecule has 1 aliphatic heterocycles. The van der Waals surface area contributed by atoms with Crippen LogP contribution in [0.4, 0.5) is 5.69 Å². The van der Waals surface area contributed by atoms with Crippen LogP contribution in [0.25, 0.3) is 6.08 Å². The predicted molar refractivity (Wildman–Crippen MR) is 108 cm³/mol. The molecule has 0 saturated heterocycles. The SMILES string of the molecule is C#CCOc1cccc(C=C2C(=O)N(c3ccc(Cl)c(C(=O)O)c3)N=C2C)c1. The molecular weight excluding hydrogens is 380 g/mol. The highest BCUT2D eigenvalue weighted by atomic mass is 35.5. The number of nitrogens with zero attached hydrogens (tertiary/aromatic N) is 2. The lowest BCUT2D eigenvalue weighted by Gasteiger charge is -2.13. The predicted octanol–water partition coefficient (Wildman–Crippen LogP) is 3.86. The summed E-state index contributed by atoms with van der Waals surface area (Å²) >= 11 is 5.89. The zero-order chi connectivity index (χ0) is 20.3. The van der Waals surface area contributed by atoms with Crippen LogP contribution >= 0.6 is 11.6 Å². The number of carbonyl (C=O) groups is 2. The number of benzene rings is 2. The first-order valence-corrected chi connectivity index (χ1v) is 8.59. The van der Waals surface area contributed by atoms with Crippen molar-refractivity contribution in [2.24, 2.45) is 5.10 Å². The van der Waals surface area contributed by atoms with Gasteiger partial charge in [-0.25, -0.2) is 4.79 Å². The van der Waals surface area contributed by atoms with Gasteiger partial charge in [-0.1, -0.05) is 29.7 Å². The number of hydrazone groups is 1. The molecule has 1 aliphatic rings. The Hall–Kier alpha value is -3.56. The van der Waals surface area contributed by atoms with E-state index < -0.39 is 5.97 Å². The summed E-state index contributed by atoms with van der Waals surface area (Å²) in [5.41, 5.74) is 1.86. The van der Waals surface area contributed by atoms with E-state index in [2.05, 4.69) is 11.0 Å². The topological polar surface area (TPSA) is 79.2 Å². The van der Waals surface area contributed by atoms with E-state index in [9.17, 15) is 14.7 Å². The van der Waals surface area contributed by atoms with Crippen molar-refractivity contribution in [3.05, 3.63) is 64.2 Å². The van der Waals surface area contributed by atoms with E-state index >= 15 is 0 Å². The summed E-state index contributed by atoms with van der Waals surface area (Å²) in [7, 11) is 0. The molecule has 2 aromatic rings. The van der Waals surface area contributed by atoms with Gasteiger partial charge in [0.1, 0.15) is 12.4 Å². The van der Waals surface area contributed by atoms with Crippen LogP contribution in [0.5, 0.6) is 5.75 Å². The van der Waals surface area contributed by atoms with Crippen LogP contribution in [0.3, 0.4) is 0 Å². The molecule has 0 radical (unpaired) electrons. The average molecular weight is 395 g/mol. The molecule has 0 aliphatic carbocycles. The first-order chi connectivity index (χ1) is 13.4. The minimum absolute atomic E-state index is 0.0862. The number of hydrogen-bond donors (Lipinski definition) is 1. The largest absolute Gasteiger partial charge is 0.481 e. The second-order valence-electron chi connectivity index (χ2n) is 5.89. The number of ether oxygens (including phenoxy) is 1. The van der Waals surface area contributed by atoms with Gasteiger partial charge in [0, 0.05) is 0 Å². The van der Waals surface area contributed by atoms with E-state index in [1.807, 2.05) is 6.07 Å². The minimum atomic E-state index is -1.18. The van der Waals surface area contributed by atoms with E-state index in [0.29, 0.717) is 22.7 Å². The Bertz CT molecular complexity index is 1070. The number of hydrogen-bond acceptors (Lipinski definition) is 4. The summed E-state index contributed by atoms with van der Waals surface area (Å²) in [5.74, 6) is 1.43. The third-order valence-corrected chi connectivity index (χ3v) is 4.31. The van der Waals surface area contributed by atoms with Crippen LogP contribution in [0, 0.1) is 12.3 Å². The normalized spacial score (nSPS) is 14.8. The van der Waals surface area contributed by atoms with E-state index in [1.165, 1.54) is 12.1 Å². The molecule has 1 N–H and O–H groups in total. The lowest BCUT2D eigenvalue weighted by molar-refractivity contribution is -0.114. The van der Waals surface area contributed by atoms with Crippen molar-refractivity contribution in [1.82, 2.24) is 0 Å². The van der Waals surface area contributed by atoms with E-state index in [0.717, 1.165) is 10.6 Å². The van der Waals surface area contributed by atoms with Crippen LogP contribution < -0.4 is 9.75 Å². The third-order valence-electron chi connectivity index (χ3n) is 3.98. The van der Waals surface area contributed by atoms with E-state index in [-0.39, 0.29) is 23.1 Å². The van der Waals surface area contributed by atoms with Crippen molar-refractivity contribution in [2.75, 3.05) is 11.6 Å². The van der Waals surface area contributed by atoms with Crippen LogP contribution in [-0.2, 0) is 4.79 Å². The van der Waals surface area contributed by atoms with Gasteiger partial charge in [-0.2, -0.15) is 10.1 Å². The monoisotopic (exact) mass is 394 g/mol. The molecule has 0 bridgehead atoms. The highest BCUT2D eigenvalue weighted by Crippen LogP contribution is 2.29. The molecule has 7 heteroatoms. The zero-order valence-corrected chi connectivity index (χ0v) is 15.6. The standard InChI is InChI=1S/C21H15ClN2O4/c1-3-9-28-16-6-4-5-14(10-16)11-17-13(2)23-24(20(17)25)15-7-8-19(22)18(12-15)21(26)27/h1,4-8,10-12H,9H2,2H3,(H,26,27). The van der Waals surface area contributed by atoms with Gasteiger partial charge in [0.15, 0.2) is 0 Å². The molecule has 0 atom stereocenters. The maximum absolute atomic E-state index is 12.8. The Balaban J connectivity index is 1.91. The first-order valence-electron chi connectivity index (χ1n) is 8.21. The molecule has 1 heterocycles. The molecule has 1 amide bonds. The molecular formula is C21H15ClN2O4. The summed E-state index contributed by atoms with van der Waals surface area (Å²) < 4.78 is 5.39. The number of amides is 1. The number of aromatic carboxylic acids is 1. The first kappa shape index (κ1) is 19.2. The molecule has 140 valence electrons. The number of rotatable bonds is 5. The van der Waals surface area contributed by atoms with Crippen LogP contribution in [0.1, 0.15) is 22.8 Å². The quantitative estimate of drug-likeness (QED) is 0.617. The molecule has 28 heavy (non-hydrogen) atoms. The molecule has 0 spiro atoms. The second-order valence-corrected chi connectivity index (χ2v) is 6.30. The number of carboxylic acid groups (broad SMARTS) is 1. The smallest absolute Gasteiger partial charge is 0.337 e. The van der Waals surface area contributed by atoms with Crippen molar-refractivity contribution in [3.8, 4) is 18.1 Å². The maximum atomic E-state index is 12.8. The fourth-order valence-corrected chi connectivity index (χ4v) is 2.85. The van der Waals surface area contributed by atoms with Crippen molar-refractivity contribution in [3.63, 3.8) is 0 Å². The van der Waals surface area contributed by atoms with Gasteiger partial charge in [0.25, 0.3) is 5.91 Å². The molecule has 0 aromatic heterocycles. The lowest BCUT2D eigenvalue weighted by atomic mass is 10.1. The molecule has 0 saturated carbocycles. The minimum Gasteiger partial charge on any atom is -0.481 e. The number of terminal acetylenes is 1. The Morgan fingerprint density at radius 3 is 2.86 bits per heavy atom. The summed E-state index contributed by atoms with van der Waals surface area (Å²) in [5, 5.41) is 14.7. The number of carboxylic acids is 1. The molecule has 6 nitrogen and oxygen atoms in total. The van der Waals surface area contributed by atoms with Crippen LogP contribution in [0.15, 0.2) is 53.1 Å². The number of halogens is 1. The van der Waals surface area contributed by atoms with Gasteiger partial charge in [0.05, 0.1) is 27.6 Å². The summed E-state index contributed by atoms with van der Waals surface area (Å²) in [6, 6.07) is 11.4. The third kappa shape index (κ3) is 3.90. The fourth-order valence-electron chi connectivity index (χ4n) is 2.65. The van der Waals surface area contributed by atoms with Crippen LogP contribution in [-0.4, -0.2) is 29.3 Å². The summed E-state index contributed by atoms with van der Waals surface area (Å²) in [6.45, 7) is 1.85. The summed E-state index contributed by atoms with van der Waals surface area (Å²) in [6.07, 6.45) is 6.89. The van der Waals surface area contributed by atoms with Gasteiger partial charge >= 0.3 is 5.97 Å². The lowest BCUT2D eigenvalue weighted by Crippen LogP contribution is -2.21. The average Bonchev–Trinajstić information content (AvgIpc) is 2.95. The van der Waals surface area contributed by atoms with Crippen molar-refractivity contribution in [2.45, 2.75) is 6.92 Å². The Morgan fingerprint density at radius 1 is 1.36 bits per heavy atom. The Morgan fingerprint density at radius 2 is 2.14 bits per heavy atom. The Kier molecular flexibility index (Phi) is 5.48. The van der Waals surface area contributed by atoms with Gasteiger partial charge in [-0.05, 0) is 48.9 Å². The molecule has 0 fully saturated rings. The van der Waals surface area contributed by atoms with Crippen molar-refractivity contribution >= 4 is 41.0 Å². The number of anilines is 1. The van der Waals surface area contributed by atoms with Gasteiger partial charge in [-0.3, -0.25) is 4.79 Å². The van der Waals surface area contributed by atoms with Crippen molar-refractivity contribution < 1.29 is 19.4 Å². The van der Waals surface area contributed by atoms with Crippen LogP contribution in [0.2, 0.25) is 5.02 Å². The molecule has 2 aromatic carbocycles. The van der Waals surface area contributed by atoms with E-state index in [1.54, 1.807) is 37.3 Å². The van der Waals surface area contributed by atoms with Gasteiger partial charge in [0.2, 0.25) is 0 Å². The maximum Gasteiger partial charge on any atom is 0.337 e. The Labute approximate surface area is 166 Å². The zero-order valence-electron chi connectivity index (χ0n) is 14.8. The molecule has 0 unspecified atom stereocenters. The fraction of sp³-hybridized carbons (Fsp3) is 0.0952. The van der Waals surface area contributed by atoms with Gasteiger partial charge < -0.3 is 9.84 Å². The van der Waals surface area contributed by atoms with Gasteiger partial charge in [-0.15, -0.1) is 6.42 Å². The second kappa shape index (κ2) is 7.99. The highest BCUT2D eigenvalue weighted by Gasteiger charge is 2.29. The van der Waals surface area contributed by atoms with E-state index in [4.69, 9.17) is 22.8 Å². The molecule has 3 rings (SSSR count). The van der Waals surface area contributed by atoms with Crippen molar-refractivity contribution in [1.29, 1.82) is 0 Å².